The summed E-state index contributed by atoms with van der Waals surface area (Å²) >= 11 is 1.42. The lowest BCUT2D eigenvalue weighted by Gasteiger charge is -2.18. The number of ether oxygens (including phenoxy) is 1. The van der Waals surface area contributed by atoms with Gasteiger partial charge in [-0.2, -0.15) is 0 Å². The van der Waals surface area contributed by atoms with Crippen molar-refractivity contribution in [3.8, 4) is 5.19 Å². The monoisotopic (exact) mass is 417 g/mol. The highest BCUT2D eigenvalue weighted by Crippen LogP contribution is 2.23. The molecular formula is C19H23N5O4S. The van der Waals surface area contributed by atoms with Crippen molar-refractivity contribution >= 4 is 28.3 Å². The van der Waals surface area contributed by atoms with Crippen LogP contribution in [0.15, 0.2) is 27.2 Å². The van der Waals surface area contributed by atoms with Gasteiger partial charge in [0.25, 0.3) is 16.7 Å². The number of hydrogen-bond acceptors (Lipinski definition) is 6. The van der Waals surface area contributed by atoms with Crippen molar-refractivity contribution in [2.75, 3.05) is 13.1 Å². The van der Waals surface area contributed by atoms with E-state index in [4.69, 9.17) is 4.74 Å². The molecule has 1 aliphatic rings. The molecule has 1 fully saturated rings. The summed E-state index contributed by atoms with van der Waals surface area (Å²) in [6.07, 6.45) is 3.07. The fourth-order valence-electron chi connectivity index (χ4n) is 3.85. The summed E-state index contributed by atoms with van der Waals surface area (Å²) in [6.45, 7) is 3.56. The summed E-state index contributed by atoms with van der Waals surface area (Å²) in [5.41, 5.74) is 0.113. The lowest BCUT2D eigenvalue weighted by Crippen LogP contribution is -2.37. The van der Waals surface area contributed by atoms with Crippen molar-refractivity contribution in [3.63, 3.8) is 0 Å². The van der Waals surface area contributed by atoms with E-state index in [1.165, 1.54) is 23.0 Å². The average Bonchev–Trinajstić information content (AvgIpc) is 3.45. The van der Waals surface area contributed by atoms with Gasteiger partial charge in [-0.05, 0) is 12.5 Å². The molecule has 29 heavy (non-hydrogen) atoms. The Morgan fingerprint density at radius 3 is 2.79 bits per heavy atom. The Morgan fingerprint density at radius 1 is 1.31 bits per heavy atom. The quantitative estimate of drug-likeness (QED) is 0.622. The maximum Gasteiger partial charge on any atom is 0.332 e. The predicted octanol–water partition coefficient (Wildman–Crippen LogP) is 1.20. The average molecular weight is 417 g/mol. The van der Waals surface area contributed by atoms with E-state index in [-0.39, 0.29) is 12.0 Å². The number of carbonyl (C=O) groups is 1. The minimum atomic E-state index is -0.407. The number of amides is 1. The van der Waals surface area contributed by atoms with Crippen LogP contribution in [0.4, 0.5) is 0 Å². The first-order valence-corrected chi connectivity index (χ1v) is 10.4. The molecule has 0 N–H and O–H groups in total. The van der Waals surface area contributed by atoms with E-state index in [2.05, 4.69) is 4.98 Å². The van der Waals surface area contributed by atoms with Gasteiger partial charge in [0.1, 0.15) is 17.4 Å². The Labute approximate surface area is 170 Å². The zero-order valence-electron chi connectivity index (χ0n) is 16.6. The Hall–Kier alpha value is -2.88. The highest BCUT2D eigenvalue weighted by molar-refractivity contribution is 7.11. The highest BCUT2D eigenvalue weighted by Gasteiger charge is 2.31. The van der Waals surface area contributed by atoms with Gasteiger partial charge in [-0.15, -0.1) is 0 Å². The maximum absolute atomic E-state index is 13.3. The van der Waals surface area contributed by atoms with Crippen molar-refractivity contribution in [2.45, 2.75) is 32.4 Å². The molecule has 0 saturated carbocycles. The number of nitrogens with zero attached hydrogens (tertiary/aromatic N) is 5. The number of rotatable bonds is 5. The molecule has 0 bridgehead atoms. The van der Waals surface area contributed by atoms with Gasteiger partial charge in [0, 0.05) is 45.2 Å². The minimum absolute atomic E-state index is 0.105. The lowest BCUT2D eigenvalue weighted by molar-refractivity contribution is 0.0762. The Morgan fingerprint density at radius 2 is 2.10 bits per heavy atom. The molecule has 0 radical (unpaired) electrons. The number of hydrogen-bond donors (Lipinski definition) is 0. The molecule has 1 unspecified atom stereocenters. The third-order valence-electron chi connectivity index (χ3n) is 5.27. The second kappa shape index (κ2) is 7.51. The number of carbonyl (C=O) groups excluding carboxylic acids is 1. The maximum atomic E-state index is 13.3. The first-order valence-electron chi connectivity index (χ1n) is 9.57. The highest BCUT2D eigenvalue weighted by atomic mass is 32.1. The largest absolute Gasteiger partial charge is 0.465 e. The molecule has 1 aliphatic heterocycles. The first-order chi connectivity index (χ1) is 13.9. The van der Waals surface area contributed by atoms with E-state index >= 15 is 0 Å². The number of aromatic nitrogens is 4. The SMILES string of the molecule is CCCn1c(C(=O)N2CCC(Oc3nccs3)C2)cc2c(=O)n(C)c(=O)n(C)c21. The molecule has 1 saturated heterocycles. The van der Waals surface area contributed by atoms with Gasteiger partial charge in [0.15, 0.2) is 0 Å². The second-order valence-corrected chi connectivity index (χ2v) is 8.06. The van der Waals surface area contributed by atoms with E-state index in [0.29, 0.717) is 41.6 Å². The molecule has 154 valence electrons. The van der Waals surface area contributed by atoms with Crippen LogP contribution in [0.5, 0.6) is 5.19 Å². The van der Waals surface area contributed by atoms with E-state index in [1.807, 2.05) is 12.3 Å². The van der Waals surface area contributed by atoms with Crippen LogP contribution in [0.2, 0.25) is 0 Å². The van der Waals surface area contributed by atoms with Gasteiger partial charge in [-0.3, -0.25) is 18.7 Å². The van der Waals surface area contributed by atoms with Gasteiger partial charge in [-0.25, -0.2) is 9.78 Å². The van der Waals surface area contributed by atoms with Crippen LogP contribution in [-0.4, -0.2) is 48.7 Å². The van der Waals surface area contributed by atoms with Crippen LogP contribution in [-0.2, 0) is 20.6 Å². The van der Waals surface area contributed by atoms with Crippen LogP contribution in [0.3, 0.4) is 0 Å². The van der Waals surface area contributed by atoms with Crippen LogP contribution in [0.25, 0.3) is 11.0 Å². The third-order valence-corrected chi connectivity index (χ3v) is 5.93. The number of likely N-dealkylation sites (tertiary alicyclic amines) is 1. The molecule has 1 amide bonds. The smallest absolute Gasteiger partial charge is 0.332 e. The van der Waals surface area contributed by atoms with Gasteiger partial charge in [-0.1, -0.05) is 18.3 Å². The topological polar surface area (TPSA) is 91.4 Å². The van der Waals surface area contributed by atoms with Gasteiger partial charge >= 0.3 is 5.69 Å². The molecule has 0 aromatic carbocycles. The molecule has 3 aromatic rings. The van der Waals surface area contributed by atoms with Crippen molar-refractivity contribution < 1.29 is 9.53 Å². The predicted molar refractivity (Wildman–Crippen MR) is 110 cm³/mol. The molecule has 4 rings (SSSR count). The third kappa shape index (κ3) is 3.27. The van der Waals surface area contributed by atoms with Crippen LogP contribution in [0, 0.1) is 0 Å². The molecule has 4 heterocycles. The summed E-state index contributed by atoms with van der Waals surface area (Å²) in [7, 11) is 3.07. The summed E-state index contributed by atoms with van der Waals surface area (Å²) in [5.74, 6) is -0.158. The van der Waals surface area contributed by atoms with Crippen molar-refractivity contribution in [1.82, 2.24) is 23.6 Å². The fourth-order valence-corrected chi connectivity index (χ4v) is 4.40. The van der Waals surface area contributed by atoms with E-state index in [0.717, 1.165) is 17.4 Å². The number of thiazole rings is 1. The molecule has 0 spiro atoms. The van der Waals surface area contributed by atoms with Crippen molar-refractivity contribution in [2.24, 2.45) is 14.1 Å². The van der Waals surface area contributed by atoms with Gasteiger partial charge in [0.05, 0.1) is 11.9 Å². The summed E-state index contributed by atoms with van der Waals surface area (Å²) in [6, 6.07) is 1.62. The fraction of sp³-hybridized carbons (Fsp3) is 0.474. The van der Waals surface area contributed by atoms with Crippen LogP contribution >= 0.6 is 11.3 Å². The molecule has 9 nitrogen and oxygen atoms in total. The summed E-state index contributed by atoms with van der Waals surface area (Å²) in [4.78, 5) is 44.2. The molecule has 1 atom stereocenters. The Kier molecular flexibility index (Phi) is 5.03. The summed E-state index contributed by atoms with van der Waals surface area (Å²) in [5, 5.41) is 2.82. The van der Waals surface area contributed by atoms with E-state index in [1.54, 1.807) is 28.8 Å². The molecule has 3 aromatic heterocycles. The van der Waals surface area contributed by atoms with Crippen LogP contribution < -0.4 is 16.0 Å². The van der Waals surface area contributed by atoms with Crippen molar-refractivity contribution in [1.29, 1.82) is 0 Å². The number of fused-ring (bicyclic) bond motifs is 1. The second-order valence-electron chi connectivity index (χ2n) is 7.20. The zero-order valence-corrected chi connectivity index (χ0v) is 17.4. The molecule has 0 aliphatic carbocycles. The first kappa shape index (κ1) is 19.4. The number of aryl methyl sites for hydroxylation is 2. The summed E-state index contributed by atoms with van der Waals surface area (Å²) < 4.78 is 10.1. The molecule has 10 heteroatoms. The minimum Gasteiger partial charge on any atom is -0.465 e. The van der Waals surface area contributed by atoms with Crippen molar-refractivity contribution in [3.05, 3.63) is 44.2 Å². The molecular weight excluding hydrogens is 394 g/mol. The Bertz CT molecular complexity index is 1170. The standard InChI is InChI=1S/C19H23N5O4S/c1-4-7-24-14(10-13-15(24)21(2)19(27)22(3)16(13)25)17(26)23-8-5-12(11-23)28-18-20-6-9-29-18/h6,9-10,12H,4-5,7-8,11H2,1-3H3. The van der Waals surface area contributed by atoms with Gasteiger partial charge < -0.3 is 14.2 Å². The van der Waals surface area contributed by atoms with E-state index in [9.17, 15) is 14.4 Å². The Balaban J connectivity index is 1.70. The zero-order chi connectivity index (χ0) is 20.7. The normalized spacial score (nSPS) is 16.7. The van der Waals surface area contributed by atoms with Gasteiger partial charge in [0.2, 0.25) is 0 Å². The lowest BCUT2D eigenvalue weighted by atomic mass is 10.3. The van der Waals surface area contributed by atoms with E-state index < -0.39 is 11.2 Å². The van der Waals surface area contributed by atoms with Crippen LogP contribution in [0.1, 0.15) is 30.3 Å².